The lowest BCUT2D eigenvalue weighted by molar-refractivity contribution is -0.151. The lowest BCUT2D eigenvalue weighted by Gasteiger charge is -2.37. The number of benzene rings is 6. The van der Waals surface area contributed by atoms with Gasteiger partial charge in [-0.25, -0.2) is 0 Å². The Morgan fingerprint density at radius 1 is 0.485 bits per heavy atom. The minimum atomic E-state index is -1.88. The molecule has 708 valence electrons. The van der Waals surface area contributed by atoms with E-state index in [9.17, 15) is 48.9 Å². The largest absolute Gasteiger partial charge is 0.508 e. The molecule has 6 aromatic carbocycles. The maximum atomic E-state index is 15.7. The van der Waals surface area contributed by atoms with Crippen molar-refractivity contribution < 1.29 is 87.2 Å². The monoisotopic (exact) mass is 1830 g/mol. The zero-order valence-corrected chi connectivity index (χ0v) is 76.9. The van der Waals surface area contributed by atoms with E-state index >= 15 is 38.4 Å². The van der Waals surface area contributed by atoms with Crippen molar-refractivity contribution in [2.45, 2.75) is 196 Å². The number of nitrogens with zero attached hydrogens (tertiary/aromatic N) is 5. The van der Waals surface area contributed by atoms with Crippen molar-refractivity contribution in [3.05, 3.63) is 203 Å². The Balaban J connectivity index is 1.11. The number of phenols is 2. The summed E-state index contributed by atoms with van der Waals surface area (Å²) in [6.45, 7) is 3.30. The second kappa shape index (κ2) is 50.9. The number of amides is 14. The molecule has 1 aliphatic carbocycles. The third-order valence-electron chi connectivity index (χ3n) is 23.8. The molecule has 1 aliphatic heterocycles. The topological polar surface area (TPSA) is 483 Å². The quantitative estimate of drug-likeness (QED) is 0.0405. The average molecular weight is 1840 g/mol. The molecule has 2 aliphatic rings. The van der Waals surface area contributed by atoms with Crippen LogP contribution in [-0.4, -0.2) is 273 Å². The summed E-state index contributed by atoms with van der Waals surface area (Å²) >= 11 is 0.900. The summed E-state index contributed by atoms with van der Waals surface area (Å²) < 4.78 is 0. The number of aliphatic carboxylic acids is 1. The van der Waals surface area contributed by atoms with E-state index in [1.807, 2.05) is 39.0 Å². The van der Waals surface area contributed by atoms with E-state index in [2.05, 4.69) is 52.8 Å². The summed E-state index contributed by atoms with van der Waals surface area (Å²) in [5.74, 6) is -14.3. The molecule has 1 aromatic heterocycles. The highest BCUT2D eigenvalue weighted by molar-refractivity contribution is 8.00. The first-order chi connectivity index (χ1) is 63.1. The number of nitrogens with two attached hydrogens (primary N) is 1. The zero-order valence-electron chi connectivity index (χ0n) is 76.1. The molecule has 14 amide bonds. The molecular formula is C97H126N16O18S. The van der Waals surface area contributed by atoms with Crippen molar-refractivity contribution >= 4 is 111 Å². The van der Waals surface area contributed by atoms with Crippen LogP contribution >= 0.6 is 11.8 Å². The number of hydrogen-bond donors (Lipinski definition) is 14. The molecule has 7 aromatic rings. The van der Waals surface area contributed by atoms with Gasteiger partial charge in [0.15, 0.2) is 0 Å². The standard InChI is InChI=1S/C97H126N16O18S/c1-9-10-35-80-96(130)110(5)57-85(118)104-75(52-87(120)121)91(125)106-78(47-62-27-17-12-18-28-62)95(129)112(7)81(49-63-29-19-13-20-30-63)92(126)107-76(48-66-38-42-70(115)43-39-66)93(127)109(4)56-84(117)103-74(51-67-53-99-72-34-24-23-33-71(67)72)90(124)102-68(45-65-36-40-69(114)41-37-65)54-100-73(44-60(2)3)89(123)108-79(88(122)101-55-83(98)116)58-132-59-86(119)105-77(46-61-25-15-11-16-26-61)94(128)113(8)82(97(131)111(80)6)50-64-31-21-14-22-32-64/h11,13-16,19-26,29-34,36-43,53,60,62,68,73-82,99-100,114-115H,9-10,12,17-18,27-28,35,44-52,54-59H2,1-8H3,(H2,98,116)(H,101,122)(H,102,124)(H,103,117)(H,104,118)(H,105,119)(H,106,125)(H,107,126)(H,108,123)(H,120,121)/t68-,73-,74-,75-,76-,77-,78-,79-,80-,81-,82-/m0/s1. The number of carbonyl (C=O) groups excluding carboxylic acids is 14. The number of primary amides is 1. The number of carbonyl (C=O) groups is 15. The molecular weight excluding hydrogens is 1710 g/mol. The summed E-state index contributed by atoms with van der Waals surface area (Å²) in [6.07, 6.45) is 4.88. The molecule has 11 atom stereocenters. The summed E-state index contributed by atoms with van der Waals surface area (Å²) in [7, 11) is 6.75. The van der Waals surface area contributed by atoms with Gasteiger partial charge in [0.25, 0.3) is 0 Å². The molecule has 35 heteroatoms. The van der Waals surface area contributed by atoms with Crippen molar-refractivity contribution in [2.24, 2.45) is 17.6 Å². The summed E-state index contributed by atoms with van der Waals surface area (Å²) in [6, 6.07) is 30.2. The Bertz CT molecular complexity index is 5080. The van der Waals surface area contributed by atoms with Crippen molar-refractivity contribution in [3.8, 4) is 11.5 Å². The van der Waals surface area contributed by atoms with E-state index in [1.54, 1.807) is 115 Å². The van der Waals surface area contributed by atoms with Crippen LogP contribution in [0.3, 0.4) is 0 Å². The highest BCUT2D eigenvalue weighted by Crippen LogP contribution is 2.30. The number of phenolic OH excluding ortho intramolecular Hbond substituents is 2. The van der Waals surface area contributed by atoms with Crippen LogP contribution in [0.5, 0.6) is 11.5 Å². The van der Waals surface area contributed by atoms with Crippen LogP contribution in [0.15, 0.2) is 170 Å². The van der Waals surface area contributed by atoms with Crippen LogP contribution in [0.2, 0.25) is 0 Å². The predicted molar refractivity (Wildman–Crippen MR) is 498 cm³/mol. The minimum Gasteiger partial charge on any atom is -0.508 e. The molecule has 1 saturated carbocycles. The van der Waals surface area contributed by atoms with Gasteiger partial charge in [-0.1, -0.05) is 199 Å². The zero-order chi connectivity index (χ0) is 95.7. The van der Waals surface area contributed by atoms with Gasteiger partial charge in [-0.2, -0.15) is 0 Å². The van der Waals surface area contributed by atoms with Gasteiger partial charge in [0.05, 0.1) is 37.8 Å². The van der Waals surface area contributed by atoms with Crippen LogP contribution < -0.4 is 53.6 Å². The number of rotatable bonds is 24. The van der Waals surface area contributed by atoms with Crippen molar-refractivity contribution in [2.75, 3.05) is 72.9 Å². The van der Waals surface area contributed by atoms with E-state index in [4.69, 9.17) is 5.73 Å². The summed E-state index contributed by atoms with van der Waals surface area (Å²) in [4.78, 5) is 230. The maximum Gasteiger partial charge on any atom is 0.305 e. The average Bonchev–Trinajstić information content (AvgIpc) is 1.82. The lowest BCUT2D eigenvalue weighted by Crippen LogP contribution is -2.60. The van der Waals surface area contributed by atoms with Gasteiger partial charge in [-0.3, -0.25) is 71.9 Å². The first-order valence-corrected chi connectivity index (χ1v) is 46.0. The number of carboxylic acids is 1. The van der Waals surface area contributed by atoms with Crippen LogP contribution in [0.4, 0.5) is 0 Å². The van der Waals surface area contributed by atoms with Crippen molar-refractivity contribution in [3.63, 3.8) is 0 Å². The van der Waals surface area contributed by atoms with Gasteiger partial charge in [-0.05, 0) is 101 Å². The van der Waals surface area contributed by atoms with Crippen molar-refractivity contribution in [1.82, 2.24) is 77.3 Å². The van der Waals surface area contributed by atoms with Gasteiger partial charge in [0, 0.05) is 103 Å². The van der Waals surface area contributed by atoms with Crippen LogP contribution in [0.1, 0.15) is 125 Å². The molecule has 9 rings (SSSR count). The predicted octanol–water partition coefficient (Wildman–Crippen LogP) is 4.11. The number of fused-ring (bicyclic) bond motifs is 1. The molecule has 0 spiro atoms. The highest BCUT2D eigenvalue weighted by Gasteiger charge is 2.42. The lowest BCUT2D eigenvalue weighted by atomic mass is 9.84. The number of carboxylic acid groups (broad SMARTS) is 1. The first-order valence-electron chi connectivity index (χ1n) is 44.8. The number of aromatic nitrogens is 1. The van der Waals surface area contributed by atoms with Gasteiger partial charge in [0.1, 0.15) is 65.9 Å². The Morgan fingerprint density at radius 2 is 0.970 bits per heavy atom. The second-order valence-corrected chi connectivity index (χ2v) is 35.7. The molecule has 0 radical (unpaired) electrons. The summed E-state index contributed by atoms with van der Waals surface area (Å²) in [5, 5.41) is 57.5. The number of likely N-dealkylation sites (N-methyl/N-ethyl adjacent to an activating group) is 5. The molecule has 34 nitrogen and oxygen atoms in total. The number of para-hydroxylation sites is 1. The number of aromatic amines is 1. The van der Waals surface area contributed by atoms with Crippen LogP contribution in [-0.2, 0) is 110 Å². The Labute approximate surface area is 773 Å². The molecule has 0 unspecified atom stereocenters. The number of hydrogen-bond acceptors (Lipinski definition) is 19. The van der Waals surface area contributed by atoms with Gasteiger partial charge >= 0.3 is 5.97 Å². The van der Waals surface area contributed by atoms with E-state index in [1.165, 1.54) is 81.4 Å². The number of H-pyrrole nitrogens is 1. The van der Waals surface area contributed by atoms with Crippen molar-refractivity contribution in [1.29, 1.82) is 0 Å². The minimum absolute atomic E-state index is 0.00780. The molecule has 2 fully saturated rings. The normalized spacial score (nSPS) is 22.5. The fraction of sp³-hybridized carbons (Fsp3) is 0.454. The highest BCUT2D eigenvalue weighted by atomic mass is 32.2. The molecule has 2 heterocycles. The summed E-state index contributed by atoms with van der Waals surface area (Å²) in [5.41, 5.74) is 9.66. The van der Waals surface area contributed by atoms with E-state index < -0.39 is 187 Å². The maximum absolute atomic E-state index is 15.7. The number of thioether (sulfide) groups is 1. The van der Waals surface area contributed by atoms with E-state index in [0.29, 0.717) is 64.6 Å². The number of nitrogens with one attached hydrogen (secondary N) is 10. The fourth-order valence-corrected chi connectivity index (χ4v) is 17.4. The second-order valence-electron chi connectivity index (χ2n) is 34.7. The van der Waals surface area contributed by atoms with Gasteiger partial charge < -0.3 is 98.4 Å². The SMILES string of the molecule is CCCC[C@H]1C(=O)N(C)CC(=O)N[C@@H](CC(=O)O)C(=O)N[C@@H](CC2CCCCC2)C(=O)N(C)[C@@H](Cc2ccccc2)C(=O)N[C@@H](Cc2ccc(O)cc2)C(=O)N(C)CC(=O)N[C@@H](Cc2c[nH]c3ccccc23)C(=O)N[C@@H](Cc2ccc(O)cc2)CN[C@@H](CC(C)C)C(=O)N[C@H](C(=O)NCC(N)=O)CSCC(=O)N[C@@H](Cc2ccccc2)C(=O)N(C)[C@@H](Cc2ccccc2)C(=O)N1C. The van der Waals surface area contributed by atoms with Gasteiger partial charge in [-0.15, -0.1) is 11.8 Å². The number of aromatic hydroxyl groups is 2. The Kier molecular flexibility index (Phi) is 39.5. The Hall–Kier alpha value is -13.2. The number of unbranched alkanes of at least 4 members (excludes halogenated alkanes) is 1. The third-order valence-corrected chi connectivity index (χ3v) is 24.8. The van der Waals surface area contributed by atoms with Gasteiger partial charge in [0.2, 0.25) is 82.7 Å². The smallest absolute Gasteiger partial charge is 0.305 e. The molecule has 15 N–H and O–H groups in total. The molecule has 1 saturated heterocycles. The Morgan fingerprint density at radius 3 is 1.55 bits per heavy atom. The van der Waals surface area contributed by atoms with Crippen LogP contribution in [0, 0.1) is 11.8 Å². The van der Waals surface area contributed by atoms with E-state index in [0.717, 1.165) is 51.1 Å². The fourth-order valence-electron chi connectivity index (χ4n) is 16.6. The molecule has 132 heavy (non-hydrogen) atoms. The third kappa shape index (κ3) is 31.6. The molecule has 0 bridgehead atoms. The first kappa shape index (κ1) is 103. The van der Waals surface area contributed by atoms with Crippen LogP contribution in [0.25, 0.3) is 10.9 Å². The van der Waals surface area contributed by atoms with E-state index in [-0.39, 0.29) is 93.4 Å².